The predicted octanol–water partition coefficient (Wildman–Crippen LogP) is 3.54. The number of hydrogen-bond acceptors (Lipinski definition) is 4. The van der Waals surface area contributed by atoms with E-state index in [0.717, 1.165) is 23.4 Å². The number of carbonyl (C=O) groups is 1. The third-order valence-electron chi connectivity index (χ3n) is 3.92. The van der Waals surface area contributed by atoms with E-state index in [0.29, 0.717) is 30.5 Å². The fourth-order valence-corrected chi connectivity index (χ4v) is 2.64. The minimum atomic E-state index is -0.0921. The zero-order valence-electron chi connectivity index (χ0n) is 17.2. The van der Waals surface area contributed by atoms with Gasteiger partial charge in [-0.2, -0.15) is 0 Å². The number of methoxy groups -OCH3 is 2. The van der Waals surface area contributed by atoms with Crippen molar-refractivity contribution in [3.8, 4) is 11.5 Å². The smallest absolute Gasteiger partial charge is 0.221 e. The Morgan fingerprint density at radius 1 is 1.00 bits per heavy atom. The number of nitrogens with zero attached hydrogens (tertiary/aromatic N) is 1. The first kappa shape index (κ1) is 24.5. The van der Waals surface area contributed by atoms with Gasteiger partial charge in [-0.15, -0.1) is 24.0 Å². The average Bonchev–Trinajstić information content (AvgIpc) is 2.69. The van der Waals surface area contributed by atoms with Crippen LogP contribution < -0.4 is 25.4 Å². The van der Waals surface area contributed by atoms with Crippen LogP contribution in [0.25, 0.3) is 0 Å². The highest BCUT2D eigenvalue weighted by molar-refractivity contribution is 14.0. The first-order valence-electron chi connectivity index (χ1n) is 9.15. The van der Waals surface area contributed by atoms with Crippen LogP contribution in [0, 0.1) is 0 Å². The van der Waals surface area contributed by atoms with Crippen LogP contribution in [0.3, 0.4) is 0 Å². The molecular formula is C21H29IN4O3. The van der Waals surface area contributed by atoms with E-state index >= 15 is 0 Å². The molecule has 2 aromatic carbocycles. The second-order valence-electron chi connectivity index (χ2n) is 6.12. The fourth-order valence-electron chi connectivity index (χ4n) is 2.64. The summed E-state index contributed by atoms with van der Waals surface area (Å²) in [4.78, 5) is 15.8. The number of rotatable bonds is 8. The van der Waals surface area contributed by atoms with Gasteiger partial charge in [-0.3, -0.25) is 4.79 Å². The van der Waals surface area contributed by atoms with Crippen LogP contribution in [0.2, 0.25) is 0 Å². The maximum absolute atomic E-state index is 11.2. The molecule has 0 unspecified atom stereocenters. The molecule has 0 atom stereocenters. The van der Waals surface area contributed by atoms with Crippen molar-refractivity contribution < 1.29 is 14.3 Å². The van der Waals surface area contributed by atoms with Crippen LogP contribution >= 0.6 is 24.0 Å². The summed E-state index contributed by atoms with van der Waals surface area (Å²) < 4.78 is 10.6. The molecule has 2 rings (SSSR count). The molecule has 29 heavy (non-hydrogen) atoms. The molecule has 0 saturated carbocycles. The molecule has 0 aromatic heterocycles. The Morgan fingerprint density at radius 3 is 2.41 bits per heavy atom. The molecule has 2 aromatic rings. The summed E-state index contributed by atoms with van der Waals surface area (Å²) >= 11 is 0. The molecule has 0 fully saturated rings. The van der Waals surface area contributed by atoms with Gasteiger partial charge < -0.3 is 25.4 Å². The highest BCUT2D eigenvalue weighted by atomic mass is 127. The van der Waals surface area contributed by atoms with Crippen LogP contribution in [-0.4, -0.2) is 32.6 Å². The molecule has 0 heterocycles. The number of nitrogens with one attached hydrogen (secondary N) is 3. The third kappa shape index (κ3) is 8.18. The summed E-state index contributed by atoms with van der Waals surface area (Å²) in [5.41, 5.74) is 2.83. The molecule has 7 nitrogen and oxygen atoms in total. The largest absolute Gasteiger partial charge is 0.493 e. The lowest BCUT2D eigenvalue weighted by Gasteiger charge is -2.13. The number of halogens is 1. The van der Waals surface area contributed by atoms with Gasteiger partial charge in [-0.25, -0.2) is 4.99 Å². The fraction of sp³-hybridized carbons (Fsp3) is 0.333. The number of carbonyl (C=O) groups excluding carboxylic acids is 1. The maximum atomic E-state index is 11.2. The van der Waals surface area contributed by atoms with E-state index in [4.69, 9.17) is 9.47 Å². The summed E-state index contributed by atoms with van der Waals surface area (Å²) in [5.74, 6) is 2.01. The van der Waals surface area contributed by atoms with Crippen LogP contribution in [0.4, 0.5) is 5.69 Å². The molecule has 0 saturated heterocycles. The first-order valence-corrected chi connectivity index (χ1v) is 9.15. The standard InChI is InChI=1S/C21H28N4O3.HI/c1-5-22-21(23-13-16-7-6-8-18(11-16)25-15(2)26)24-14-17-9-10-19(27-3)20(12-17)28-4;/h6-12H,5,13-14H2,1-4H3,(H,25,26)(H2,22,23,24);1H. The van der Waals surface area contributed by atoms with Crippen LogP contribution in [0.5, 0.6) is 11.5 Å². The second-order valence-corrected chi connectivity index (χ2v) is 6.12. The molecule has 8 heteroatoms. The highest BCUT2D eigenvalue weighted by Crippen LogP contribution is 2.27. The molecule has 0 bridgehead atoms. The van der Waals surface area contributed by atoms with Crippen molar-refractivity contribution in [3.63, 3.8) is 0 Å². The van der Waals surface area contributed by atoms with Gasteiger partial charge in [0.05, 0.1) is 20.8 Å². The lowest BCUT2D eigenvalue weighted by Crippen LogP contribution is -2.36. The number of guanidine groups is 1. The van der Waals surface area contributed by atoms with Gasteiger partial charge in [0.1, 0.15) is 0 Å². The molecule has 0 aliphatic carbocycles. The van der Waals surface area contributed by atoms with Gasteiger partial charge in [0.15, 0.2) is 17.5 Å². The van der Waals surface area contributed by atoms with E-state index in [1.54, 1.807) is 14.2 Å². The first-order chi connectivity index (χ1) is 13.5. The SMILES string of the molecule is CCNC(=NCc1cccc(NC(C)=O)c1)NCc1ccc(OC)c(OC)c1.I. The zero-order valence-corrected chi connectivity index (χ0v) is 19.6. The Kier molecular flexibility index (Phi) is 10.9. The van der Waals surface area contributed by atoms with E-state index in [1.807, 2.05) is 49.4 Å². The van der Waals surface area contributed by atoms with Crippen molar-refractivity contribution in [3.05, 3.63) is 53.6 Å². The zero-order chi connectivity index (χ0) is 20.4. The average molecular weight is 512 g/mol. The van der Waals surface area contributed by atoms with Gasteiger partial charge in [0.25, 0.3) is 0 Å². The third-order valence-corrected chi connectivity index (χ3v) is 3.92. The molecule has 0 aliphatic heterocycles. The maximum Gasteiger partial charge on any atom is 0.221 e. The number of aliphatic imine (C=N–C) groups is 1. The summed E-state index contributed by atoms with van der Waals surface area (Å²) in [6.45, 7) is 5.35. The Labute approximate surface area is 189 Å². The molecular weight excluding hydrogens is 483 g/mol. The van der Waals surface area contributed by atoms with Crippen molar-refractivity contribution in [1.82, 2.24) is 10.6 Å². The topological polar surface area (TPSA) is 84.0 Å². The van der Waals surface area contributed by atoms with E-state index in [1.165, 1.54) is 6.92 Å². The molecule has 1 amide bonds. The van der Waals surface area contributed by atoms with Gasteiger partial charge in [0, 0.05) is 25.7 Å². The molecule has 3 N–H and O–H groups in total. The van der Waals surface area contributed by atoms with Crippen LogP contribution in [0.15, 0.2) is 47.5 Å². The van der Waals surface area contributed by atoms with Crippen molar-refractivity contribution in [1.29, 1.82) is 0 Å². The van der Waals surface area contributed by atoms with Gasteiger partial charge in [0.2, 0.25) is 5.91 Å². The minimum absolute atomic E-state index is 0. The lowest BCUT2D eigenvalue weighted by molar-refractivity contribution is -0.114. The van der Waals surface area contributed by atoms with Crippen LogP contribution in [-0.2, 0) is 17.9 Å². The lowest BCUT2D eigenvalue weighted by atomic mass is 10.2. The van der Waals surface area contributed by atoms with E-state index < -0.39 is 0 Å². The number of anilines is 1. The van der Waals surface area contributed by atoms with Gasteiger partial charge in [-0.05, 0) is 42.3 Å². The van der Waals surface area contributed by atoms with Crippen LogP contribution in [0.1, 0.15) is 25.0 Å². The Morgan fingerprint density at radius 2 is 1.76 bits per heavy atom. The molecule has 0 spiro atoms. The molecule has 0 radical (unpaired) electrons. The summed E-state index contributed by atoms with van der Waals surface area (Å²) in [7, 11) is 3.24. The van der Waals surface area contributed by atoms with E-state index in [-0.39, 0.29) is 29.9 Å². The molecule has 158 valence electrons. The van der Waals surface area contributed by atoms with Crippen molar-refractivity contribution in [2.24, 2.45) is 4.99 Å². The van der Waals surface area contributed by atoms with Crippen molar-refractivity contribution in [2.75, 3.05) is 26.1 Å². The number of benzene rings is 2. The highest BCUT2D eigenvalue weighted by Gasteiger charge is 2.05. The monoisotopic (exact) mass is 512 g/mol. The Bertz CT molecular complexity index is 827. The summed E-state index contributed by atoms with van der Waals surface area (Å²) in [6.07, 6.45) is 0. The predicted molar refractivity (Wildman–Crippen MR) is 127 cm³/mol. The van der Waals surface area contributed by atoms with E-state index in [2.05, 4.69) is 20.9 Å². The quantitative estimate of drug-likeness (QED) is 0.287. The Balaban J connectivity index is 0.00000420. The Hall–Kier alpha value is -2.49. The summed E-state index contributed by atoms with van der Waals surface area (Å²) in [6, 6.07) is 13.5. The van der Waals surface area contributed by atoms with E-state index in [9.17, 15) is 4.79 Å². The second kappa shape index (κ2) is 12.9. The molecule has 0 aliphatic rings. The van der Waals surface area contributed by atoms with Crippen molar-refractivity contribution in [2.45, 2.75) is 26.9 Å². The van der Waals surface area contributed by atoms with Crippen molar-refractivity contribution >= 4 is 41.5 Å². The summed E-state index contributed by atoms with van der Waals surface area (Å²) in [5, 5.41) is 9.33. The number of ether oxygens (including phenoxy) is 2. The minimum Gasteiger partial charge on any atom is -0.493 e. The number of hydrogen-bond donors (Lipinski definition) is 3. The van der Waals surface area contributed by atoms with Gasteiger partial charge >= 0.3 is 0 Å². The normalized spacial score (nSPS) is 10.6. The number of amides is 1. The van der Waals surface area contributed by atoms with Gasteiger partial charge in [-0.1, -0.05) is 18.2 Å².